The van der Waals surface area contributed by atoms with Gasteiger partial charge in [0.25, 0.3) is 0 Å². The molecule has 1 atom stereocenters. The summed E-state index contributed by atoms with van der Waals surface area (Å²) >= 11 is 6.63. The van der Waals surface area contributed by atoms with Crippen molar-refractivity contribution in [3.8, 4) is 11.4 Å². The van der Waals surface area contributed by atoms with Crippen molar-refractivity contribution < 1.29 is 9.47 Å². The van der Waals surface area contributed by atoms with Crippen LogP contribution in [-0.4, -0.2) is 35.5 Å². The average molecular weight is 520 g/mol. The Kier molecular flexibility index (Phi) is 9.45. The summed E-state index contributed by atoms with van der Waals surface area (Å²) in [4.78, 5) is 7.30. The third kappa shape index (κ3) is 6.11. The molecule has 3 aromatic rings. The van der Waals surface area contributed by atoms with Gasteiger partial charge in [0, 0.05) is 19.7 Å². The Hall–Kier alpha value is -2.28. The van der Waals surface area contributed by atoms with Gasteiger partial charge >= 0.3 is 0 Å². The number of aromatic nitrogens is 3. The van der Waals surface area contributed by atoms with Crippen LogP contribution in [0.4, 0.5) is 5.95 Å². The monoisotopic (exact) mass is 518 g/mol. The van der Waals surface area contributed by atoms with Crippen molar-refractivity contribution >= 4 is 30.0 Å². The van der Waals surface area contributed by atoms with Gasteiger partial charge in [-0.1, -0.05) is 55.6 Å². The van der Waals surface area contributed by atoms with Gasteiger partial charge in [-0.05, 0) is 55.4 Å². The predicted octanol–water partition coefficient (Wildman–Crippen LogP) is 6.87. The molecule has 0 aliphatic heterocycles. The molecule has 0 N–H and O–H groups in total. The first-order valence-corrected chi connectivity index (χ1v) is 12.5. The molecular formula is C27H36Cl2N4O2. The van der Waals surface area contributed by atoms with E-state index in [1.807, 2.05) is 30.7 Å². The van der Waals surface area contributed by atoms with Gasteiger partial charge in [0.05, 0.1) is 30.5 Å². The fourth-order valence-corrected chi connectivity index (χ4v) is 4.86. The van der Waals surface area contributed by atoms with Gasteiger partial charge < -0.3 is 14.4 Å². The maximum atomic E-state index is 6.63. The smallest absolute Gasteiger partial charge is 0.245 e. The number of methoxy groups -OCH3 is 2. The van der Waals surface area contributed by atoms with Crippen LogP contribution in [0.25, 0.3) is 5.69 Å². The molecule has 1 heterocycles. The second-order valence-corrected chi connectivity index (χ2v) is 9.57. The third-order valence-corrected chi connectivity index (χ3v) is 6.82. The fraction of sp³-hybridized carbons (Fsp3) is 0.481. The minimum atomic E-state index is 0. The Labute approximate surface area is 220 Å². The molecule has 8 heteroatoms. The number of nitrogens with zero attached hydrogens (tertiary/aromatic N) is 4. The van der Waals surface area contributed by atoms with E-state index in [0.717, 1.165) is 54.1 Å². The molecule has 0 radical (unpaired) electrons. The SMILES string of the molecule is CCCN(c1nc(C)n(-c2cc(C)c(OC)cc2Cl)n1)C(CC1CC1)c1ccccc1COC.Cl. The highest BCUT2D eigenvalue weighted by Crippen LogP contribution is 2.42. The molecule has 0 spiro atoms. The van der Waals surface area contributed by atoms with E-state index in [0.29, 0.717) is 11.6 Å². The lowest BCUT2D eigenvalue weighted by Gasteiger charge is -2.32. The Morgan fingerprint density at radius 3 is 2.57 bits per heavy atom. The normalized spacial score (nSPS) is 13.9. The van der Waals surface area contributed by atoms with Crippen molar-refractivity contribution in [1.82, 2.24) is 14.8 Å². The number of ether oxygens (including phenoxy) is 2. The van der Waals surface area contributed by atoms with Gasteiger partial charge in [0.2, 0.25) is 5.95 Å². The highest BCUT2D eigenvalue weighted by atomic mass is 35.5. The van der Waals surface area contributed by atoms with Gasteiger partial charge in [-0.2, -0.15) is 4.98 Å². The molecular weight excluding hydrogens is 483 g/mol. The van der Waals surface area contributed by atoms with Crippen LogP contribution < -0.4 is 9.64 Å². The van der Waals surface area contributed by atoms with Crippen molar-refractivity contribution in [3.05, 3.63) is 63.9 Å². The minimum Gasteiger partial charge on any atom is -0.496 e. The standard InChI is InChI=1S/C27H35ClN4O2.ClH/c1-6-13-31(24(15-20-11-12-20)22-10-8-7-9-21(22)17-33-4)27-29-19(3)32(30-27)25-14-18(2)26(34-5)16-23(25)28;/h7-10,14,16,20,24H,6,11-13,15,17H2,1-5H3;1H. The lowest BCUT2D eigenvalue weighted by molar-refractivity contribution is 0.183. The summed E-state index contributed by atoms with van der Waals surface area (Å²) in [6.45, 7) is 7.66. The largest absolute Gasteiger partial charge is 0.496 e. The Bertz CT molecular complexity index is 1130. The van der Waals surface area contributed by atoms with E-state index in [1.54, 1.807) is 14.2 Å². The first-order valence-electron chi connectivity index (χ1n) is 12.1. The summed E-state index contributed by atoms with van der Waals surface area (Å²) in [5, 5.41) is 5.57. The maximum Gasteiger partial charge on any atom is 0.245 e. The number of rotatable bonds is 11. The number of halogens is 2. The van der Waals surface area contributed by atoms with Gasteiger partial charge in [-0.15, -0.1) is 17.5 Å². The van der Waals surface area contributed by atoms with Gasteiger partial charge in [0.1, 0.15) is 11.6 Å². The summed E-state index contributed by atoms with van der Waals surface area (Å²) in [6, 6.07) is 12.6. The first-order chi connectivity index (χ1) is 16.5. The van der Waals surface area contributed by atoms with Crippen LogP contribution >= 0.6 is 24.0 Å². The molecule has 0 bridgehead atoms. The molecule has 1 aliphatic carbocycles. The second kappa shape index (κ2) is 12.1. The number of benzene rings is 2. The molecule has 1 saturated carbocycles. The second-order valence-electron chi connectivity index (χ2n) is 9.16. The first kappa shape index (κ1) is 27.3. The summed E-state index contributed by atoms with van der Waals surface area (Å²) in [6.07, 6.45) is 4.69. The molecule has 0 saturated heterocycles. The van der Waals surface area contributed by atoms with E-state index in [9.17, 15) is 0 Å². The van der Waals surface area contributed by atoms with Crippen LogP contribution in [0.2, 0.25) is 5.02 Å². The van der Waals surface area contributed by atoms with Gasteiger partial charge in [-0.25, -0.2) is 4.68 Å². The number of hydrogen-bond donors (Lipinski definition) is 0. The third-order valence-electron chi connectivity index (χ3n) is 6.52. The van der Waals surface area contributed by atoms with Crippen LogP contribution in [0.3, 0.4) is 0 Å². The molecule has 6 nitrogen and oxygen atoms in total. The molecule has 1 aliphatic rings. The zero-order chi connectivity index (χ0) is 24.2. The summed E-state index contributed by atoms with van der Waals surface area (Å²) in [7, 11) is 3.41. The highest BCUT2D eigenvalue weighted by Gasteiger charge is 2.32. The zero-order valence-electron chi connectivity index (χ0n) is 21.3. The molecule has 0 amide bonds. The zero-order valence-corrected chi connectivity index (χ0v) is 22.8. The van der Waals surface area contributed by atoms with Crippen LogP contribution in [-0.2, 0) is 11.3 Å². The van der Waals surface area contributed by atoms with E-state index in [1.165, 1.54) is 24.0 Å². The average Bonchev–Trinajstić information content (AvgIpc) is 3.57. The molecule has 4 rings (SSSR count). The van der Waals surface area contributed by atoms with E-state index in [4.69, 9.17) is 31.2 Å². The lowest BCUT2D eigenvalue weighted by atomic mass is 9.95. The molecule has 1 fully saturated rings. The number of aryl methyl sites for hydroxylation is 2. The van der Waals surface area contributed by atoms with Gasteiger partial charge in [0.15, 0.2) is 0 Å². The summed E-state index contributed by atoms with van der Waals surface area (Å²) in [5.74, 6) is 3.06. The van der Waals surface area contributed by atoms with Crippen molar-refractivity contribution in [2.45, 2.75) is 59.1 Å². The van der Waals surface area contributed by atoms with E-state index in [-0.39, 0.29) is 18.4 Å². The van der Waals surface area contributed by atoms with Crippen molar-refractivity contribution in [1.29, 1.82) is 0 Å². The molecule has 190 valence electrons. The van der Waals surface area contributed by atoms with Gasteiger partial charge in [-0.3, -0.25) is 0 Å². The minimum absolute atomic E-state index is 0. The van der Waals surface area contributed by atoms with Crippen LogP contribution in [0.15, 0.2) is 36.4 Å². The van der Waals surface area contributed by atoms with Crippen molar-refractivity contribution in [2.24, 2.45) is 5.92 Å². The quantitative estimate of drug-likeness (QED) is 0.277. The maximum absolute atomic E-state index is 6.63. The van der Waals surface area contributed by atoms with Crippen molar-refractivity contribution in [3.63, 3.8) is 0 Å². The van der Waals surface area contributed by atoms with E-state index >= 15 is 0 Å². The number of anilines is 1. The summed E-state index contributed by atoms with van der Waals surface area (Å²) in [5.41, 5.74) is 4.34. The molecule has 35 heavy (non-hydrogen) atoms. The number of hydrogen-bond acceptors (Lipinski definition) is 5. The topological polar surface area (TPSA) is 52.4 Å². The Balaban J connectivity index is 0.00000342. The molecule has 2 aromatic carbocycles. The van der Waals surface area contributed by atoms with Crippen LogP contribution in [0.5, 0.6) is 5.75 Å². The Morgan fingerprint density at radius 1 is 1.17 bits per heavy atom. The molecule has 1 unspecified atom stereocenters. The predicted molar refractivity (Wildman–Crippen MR) is 145 cm³/mol. The molecule has 1 aromatic heterocycles. The van der Waals surface area contributed by atoms with E-state index < -0.39 is 0 Å². The van der Waals surface area contributed by atoms with Crippen LogP contribution in [0, 0.1) is 19.8 Å². The Morgan fingerprint density at radius 2 is 1.91 bits per heavy atom. The van der Waals surface area contributed by atoms with Crippen molar-refractivity contribution in [2.75, 3.05) is 25.7 Å². The van der Waals surface area contributed by atoms with Crippen LogP contribution in [0.1, 0.15) is 61.2 Å². The lowest BCUT2D eigenvalue weighted by Crippen LogP contribution is -2.32. The highest BCUT2D eigenvalue weighted by molar-refractivity contribution is 6.32. The summed E-state index contributed by atoms with van der Waals surface area (Å²) < 4.78 is 12.8. The fourth-order valence-electron chi connectivity index (χ4n) is 4.63. The van der Waals surface area contributed by atoms with E-state index in [2.05, 4.69) is 36.1 Å².